The molecule has 0 amide bonds. The molecule has 8 heavy (non-hydrogen) atoms. The van der Waals surface area contributed by atoms with Crippen LogP contribution in [0.4, 0.5) is 0 Å². The SMILES string of the molecule is C=C(C)C(C)(C)SC. The zero-order valence-corrected chi connectivity index (χ0v) is 6.93. The summed E-state index contributed by atoms with van der Waals surface area (Å²) in [6.45, 7) is 10.3. The molecule has 0 bridgehead atoms. The molecule has 0 aliphatic heterocycles. The third-order valence-corrected chi connectivity index (χ3v) is 2.91. The highest BCUT2D eigenvalue weighted by Gasteiger charge is 2.15. The van der Waals surface area contributed by atoms with E-state index >= 15 is 0 Å². The van der Waals surface area contributed by atoms with Gasteiger partial charge in [-0.3, -0.25) is 0 Å². The molecule has 0 atom stereocenters. The topological polar surface area (TPSA) is 0 Å². The average molecular weight is 130 g/mol. The van der Waals surface area contributed by atoms with E-state index in [-0.39, 0.29) is 4.75 Å². The van der Waals surface area contributed by atoms with E-state index in [4.69, 9.17) is 0 Å². The van der Waals surface area contributed by atoms with Gasteiger partial charge in [0.1, 0.15) is 0 Å². The van der Waals surface area contributed by atoms with Crippen LogP contribution in [0, 0.1) is 0 Å². The highest BCUT2D eigenvalue weighted by Crippen LogP contribution is 2.27. The van der Waals surface area contributed by atoms with Crippen molar-refractivity contribution in [3.63, 3.8) is 0 Å². The summed E-state index contributed by atoms with van der Waals surface area (Å²) in [5.41, 5.74) is 1.24. The van der Waals surface area contributed by atoms with Crippen molar-refractivity contribution in [2.45, 2.75) is 25.5 Å². The highest BCUT2D eigenvalue weighted by molar-refractivity contribution is 8.00. The Bertz CT molecular complexity index is 92.6. The lowest BCUT2D eigenvalue weighted by molar-refractivity contribution is 0.840. The number of hydrogen-bond acceptors (Lipinski definition) is 1. The Labute approximate surface area is 56.4 Å². The lowest BCUT2D eigenvalue weighted by atomic mass is 10.1. The molecule has 48 valence electrons. The number of hydrogen-bond donors (Lipinski definition) is 0. The van der Waals surface area contributed by atoms with Crippen LogP contribution in [0.1, 0.15) is 20.8 Å². The Hall–Kier alpha value is 0.0900. The van der Waals surface area contributed by atoms with Crippen molar-refractivity contribution in [3.8, 4) is 0 Å². The van der Waals surface area contributed by atoms with Crippen LogP contribution in [-0.4, -0.2) is 11.0 Å². The van der Waals surface area contributed by atoms with E-state index < -0.39 is 0 Å². The van der Waals surface area contributed by atoms with Crippen LogP contribution < -0.4 is 0 Å². The van der Waals surface area contributed by atoms with Crippen LogP contribution in [0.3, 0.4) is 0 Å². The molecule has 0 aromatic rings. The van der Waals surface area contributed by atoms with E-state index in [0.717, 1.165) is 0 Å². The normalized spacial score (nSPS) is 11.5. The van der Waals surface area contributed by atoms with E-state index in [0.29, 0.717) is 0 Å². The lowest BCUT2D eigenvalue weighted by Crippen LogP contribution is -2.13. The second-order valence-corrected chi connectivity index (χ2v) is 3.92. The first-order valence-corrected chi connectivity index (χ1v) is 3.94. The molecule has 0 aliphatic carbocycles. The van der Waals surface area contributed by atoms with Gasteiger partial charge in [-0.2, -0.15) is 11.8 Å². The minimum Gasteiger partial charge on any atom is -0.155 e. The van der Waals surface area contributed by atoms with Crippen LogP contribution in [0.2, 0.25) is 0 Å². The maximum absolute atomic E-state index is 3.88. The van der Waals surface area contributed by atoms with Crippen molar-refractivity contribution in [1.82, 2.24) is 0 Å². The molecule has 0 rings (SSSR count). The summed E-state index contributed by atoms with van der Waals surface area (Å²) in [4.78, 5) is 0. The summed E-state index contributed by atoms with van der Waals surface area (Å²) in [5, 5.41) is 0. The predicted octanol–water partition coefficient (Wildman–Crippen LogP) is 2.70. The molecule has 0 aromatic carbocycles. The first kappa shape index (κ1) is 8.09. The fourth-order valence-electron chi connectivity index (χ4n) is 0.174. The molecule has 0 aliphatic rings. The van der Waals surface area contributed by atoms with E-state index in [1.54, 1.807) is 0 Å². The quantitative estimate of drug-likeness (QED) is 0.518. The minimum absolute atomic E-state index is 0.264. The predicted molar refractivity (Wildman–Crippen MR) is 42.4 cm³/mol. The zero-order chi connectivity index (χ0) is 6.78. The molecule has 0 N–H and O–H groups in total. The van der Waals surface area contributed by atoms with E-state index in [1.807, 2.05) is 11.8 Å². The summed E-state index contributed by atoms with van der Waals surface area (Å²) < 4.78 is 0.264. The molecular weight excluding hydrogens is 116 g/mol. The summed E-state index contributed by atoms with van der Waals surface area (Å²) >= 11 is 1.84. The van der Waals surface area contributed by atoms with Crippen molar-refractivity contribution in [2.75, 3.05) is 6.26 Å². The van der Waals surface area contributed by atoms with E-state index in [9.17, 15) is 0 Å². The van der Waals surface area contributed by atoms with Gasteiger partial charge in [-0.1, -0.05) is 12.2 Å². The Morgan fingerprint density at radius 2 is 1.88 bits per heavy atom. The molecule has 0 fully saturated rings. The first-order chi connectivity index (χ1) is 3.50. The molecule has 0 nitrogen and oxygen atoms in total. The largest absolute Gasteiger partial charge is 0.155 e. The summed E-state index contributed by atoms with van der Waals surface area (Å²) in [7, 11) is 0. The summed E-state index contributed by atoms with van der Waals surface area (Å²) in [5.74, 6) is 0. The van der Waals surface area contributed by atoms with Crippen molar-refractivity contribution < 1.29 is 0 Å². The lowest BCUT2D eigenvalue weighted by Gasteiger charge is -2.21. The zero-order valence-electron chi connectivity index (χ0n) is 6.12. The molecule has 0 aromatic heterocycles. The molecule has 1 heteroatoms. The second kappa shape index (κ2) is 2.58. The average Bonchev–Trinajstić information content (AvgIpc) is 1.67. The van der Waals surface area contributed by atoms with Gasteiger partial charge in [-0.25, -0.2) is 0 Å². The molecule has 0 radical (unpaired) electrons. The van der Waals surface area contributed by atoms with Crippen LogP contribution in [0.15, 0.2) is 12.2 Å². The van der Waals surface area contributed by atoms with Crippen LogP contribution in [0.5, 0.6) is 0 Å². The monoisotopic (exact) mass is 130 g/mol. The van der Waals surface area contributed by atoms with Gasteiger partial charge in [0, 0.05) is 4.75 Å². The van der Waals surface area contributed by atoms with Gasteiger partial charge in [-0.15, -0.1) is 0 Å². The Balaban J connectivity index is 3.91. The van der Waals surface area contributed by atoms with Gasteiger partial charge in [0.15, 0.2) is 0 Å². The van der Waals surface area contributed by atoms with Gasteiger partial charge in [0.05, 0.1) is 0 Å². The van der Waals surface area contributed by atoms with Crippen LogP contribution in [0.25, 0.3) is 0 Å². The summed E-state index contributed by atoms with van der Waals surface area (Å²) in [6.07, 6.45) is 2.11. The van der Waals surface area contributed by atoms with Crippen molar-refractivity contribution in [2.24, 2.45) is 0 Å². The molecule has 0 saturated carbocycles. The van der Waals surface area contributed by atoms with E-state index in [2.05, 4.69) is 33.6 Å². The van der Waals surface area contributed by atoms with Gasteiger partial charge in [-0.05, 0) is 27.0 Å². The van der Waals surface area contributed by atoms with E-state index in [1.165, 1.54) is 5.57 Å². The summed E-state index contributed by atoms with van der Waals surface area (Å²) in [6, 6.07) is 0. The van der Waals surface area contributed by atoms with Crippen molar-refractivity contribution >= 4 is 11.8 Å². The fraction of sp³-hybridized carbons (Fsp3) is 0.714. The Morgan fingerprint density at radius 3 is 1.88 bits per heavy atom. The molecule has 0 spiro atoms. The molecule has 0 heterocycles. The Morgan fingerprint density at radius 1 is 1.50 bits per heavy atom. The number of thioether (sulfide) groups is 1. The fourth-order valence-corrected chi connectivity index (χ4v) is 0.523. The van der Waals surface area contributed by atoms with Gasteiger partial charge in [0.2, 0.25) is 0 Å². The third kappa shape index (κ3) is 1.91. The van der Waals surface area contributed by atoms with Crippen LogP contribution in [-0.2, 0) is 0 Å². The molecule has 0 saturated heterocycles. The third-order valence-electron chi connectivity index (χ3n) is 1.54. The maximum atomic E-state index is 3.88. The second-order valence-electron chi connectivity index (χ2n) is 2.49. The standard InChI is InChI=1S/C7H14S/c1-6(2)7(3,4)8-5/h1H2,2-5H3. The highest BCUT2D eigenvalue weighted by atomic mass is 32.2. The number of rotatable bonds is 2. The van der Waals surface area contributed by atoms with Gasteiger partial charge < -0.3 is 0 Å². The Kier molecular flexibility index (Phi) is 2.61. The van der Waals surface area contributed by atoms with Gasteiger partial charge in [0.25, 0.3) is 0 Å². The van der Waals surface area contributed by atoms with Crippen LogP contribution >= 0.6 is 11.8 Å². The molecule has 0 unspecified atom stereocenters. The minimum atomic E-state index is 0.264. The van der Waals surface area contributed by atoms with Gasteiger partial charge >= 0.3 is 0 Å². The maximum Gasteiger partial charge on any atom is 0.0303 e. The molecular formula is C7H14S. The smallest absolute Gasteiger partial charge is 0.0303 e. The first-order valence-electron chi connectivity index (χ1n) is 2.72. The van der Waals surface area contributed by atoms with Crippen molar-refractivity contribution in [3.05, 3.63) is 12.2 Å². The van der Waals surface area contributed by atoms with Crippen molar-refractivity contribution in [1.29, 1.82) is 0 Å².